The van der Waals surface area contributed by atoms with E-state index in [1.807, 2.05) is 26.4 Å². The minimum atomic E-state index is 0.121. The first kappa shape index (κ1) is 10.2. The maximum absolute atomic E-state index is 8.85. The van der Waals surface area contributed by atoms with Crippen LogP contribution in [0.1, 0.15) is 25.5 Å². The second-order valence-corrected chi connectivity index (χ2v) is 3.42. The highest BCUT2D eigenvalue weighted by atomic mass is 16.3. The van der Waals surface area contributed by atoms with Gasteiger partial charge in [-0.1, -0.05) is 0 Å². The molecule has 0 fully saturated rings. The molecule has 74 valence electrons. The summed E-state index contributed by atoms with van der Waals surface area (Å²) in [6.45, 7) is 4.17. The Hall–Kier alpha value is -0.870. The van der Waals surface area contributed by atoms with Crippen LogP contribution < -0.4 is 5.32 Å². The Morgan fingerprint density at radius 2 is 2.31 bits per heavy atom. The van der Waals surface area contributed by atoms with Gasteiger partial charge in [-0.15, -0.1) is 0 Å². The quantitative estimate of drug-likeness (QED) is 0.712. The number of aryl methyl sites for hydroxylation is 1. The molecule has 0 radical (unpaired) electrons. The van der Waals surface area contributed by atoms with E-state index in [9.17, 15) is 0 Å². The second-order valence-electron chi connectivity index (χ2n) is 3.42. The SMILES string of the molecule is CC(N[C@@H](C)CO)c1cnn(C)c1. The Morgan fingerprint density at radius 3 is 2.77 bits per heavy atom. The normalized spacial score (nSPS) is 15.7. The molecule has 0 aliphatic carbocycles. The highest BCUT2D eigenvalue weighted by Crippen LogP contribution is 2.10. The summed E-state index contributed by atoms with van der Waals surface area (Å²) in [5, 5.41) is 16.2. The molecule has 13 heavy (non-hydrogen) atoms. The number of rotatable bonds is 4. The van der Waals surface area contributed by atoms with Gasteiger partial charge >= 0.3 is 0 Å². The minimum absolute atomic E-state index is 0.121. The van der Waals surface area contributed by atoms with Crippen LogP contribution in [0.25, 0.3) is 0 Å². The molecule has 2 atom stereocenters. The van der Waals surface area contributed by atoms with Crippen molar-refractivity contribution in [1.29, 1.82) is 0 Å². The van der Waals surface area contributed by atoms with E-state index in [1.54, 1.807) is 4.68 Å². The van der Waals surface area contributed by atoms with E-state index in [0.29, 0.717) is 0 Å². The summed E-state index contributed by atoms with van der Waals surface area (Å²) in [7, 11) is 1.89. The molecular weight excluding hydrogens is 166 g/mol. The summed E-state index contributed by atoms with van der Waals surface area (Å²) in [5.74, 6) is 0. The lowest BCUT2D eigenvalue weighted by molar-refractivity contribution is 0.243. The molecule has 4 nitrogen and oxygen atoms in total. The number of aromatic nitrogens is 2. The minimum Gasteiger partial charge on any atom is -0.395 e. The van der Waals surface area contributed by atoms with Gasteiger partial charge in [0.05, 0.1) is 12.8 Å². The largest absolute Gasteiger partial charge is 0.395 e. The van der Waals surface area contributed by atoms with E-state index in [1.165, 1.54) is 0 Å². The van der Waals surface area contributed by atoms with Crippen molar-refractivity contribution < 1.29 is 5.11 Å². The summed E-state index contributed by atoms with van der Waals surface area (Å²) in [6, 6.07) is 0.353. The van der Waals surface area contributed by atoms with Crippen LogP contribution in [0.4, 0.5) is 0 Å². The van der Waals surface area contributed by atoms with E-state index in [2.05, 4.69) is 17.3 Å². The van der Waals surface area contributed by atoms with Crippen LogP contribution in [-0.4, -0.2) is 27.5 Å². The molecule has 0 aromatic carbocycles. The lowest BCUT2D eigenvalue weighted by Gasteiger charge is -2.16. The number of hydrogen-bond donors (Lipinski definition) is 2. The molecule has 1 heterocycles. The van der Waals surface area contributed by atoms with Gasteiger partial charge in [-0.2, -0.15) is 5.10 Å². The van der Waals surface area contributed by atoms with Crippen molar-refractivity contribution in [1.82, 2.24) is 15.1 Å². The first-order valence-corrected chi connectivity index (χ1v) is 4.49. The molecule has 0 saturated heterocycles. The Morgan fingerprint density at radius 1 is 1.62 bits per heavy atom. The summed E-state index contributed by atoms with van der Waals surface area (Å²) in [4.78, 5) is 0. The van der Waals surface area contributed by atoms with Crippen molar-refractivity contribution in [3.63, 3.8) is 0 Å². The van der Waals surface area contributed by atoms with Crippen LogP contribution in [0.3, 0.4) is 0 Å². The highest BCUT2D eigenvalue weighted by molar-refractivity contribution is 5.09. The van der Waals surface area contributed by atoms with Crippen LogP contribution in [0.2, 0.25) is 0 Å². The number of nitrogens with zero attached hydrogens (tertiary/aromatic N) is 2. The number of aliphatic hydroxyl groups excluding tert-OH is 1. The van der Waals surface area contributed by atoms with Crippen LogP contribution >= 0.6 is 0 Å². The Bertz CT molecular complexity index is 259. The molecule has 1 rings (SSSR count). The summed E-state index contributed by atoms with van der Waals surface area (Å²) >= 11 is 0. The van der Waals surface area contributed by atoms with Crippen molar-refractivity contribution in [3.8, 4) is 0 Å². The molecule has 2 N–H and O–H groups in total. The molecule has 1 unspecified atom stereocenters. The zero-order chi connectivity index (χ0) is 9.84. The first-order chi connectivity index (χ1) is 6.13. The molecule has 0 saturated carbocycles. The van der Waals surface area contributed by atoms with E-state index in [4.69, 9.17) is 5.11 Å². The van der Waals surface area contributed by atoms with Gasteiger partial charge in [0.15, 0.2) is 0 Å². The molecular formula is C9H17N3O. The fourth-order valence-electron chi connectivity index (χ4n) is 1.24. The van der Waals surface area contributed by atoms with E-state index in [0.717, 1.165) is 5.56 Å². The van der Waals surface area contributed by atoms with Crippen molar-refractivity contribution >= 4 is 0 Å². The lowest BCUT2D eigenvalue weighted by atomic mass is 10.2. The molecule has 0 amide bonds. The van der Waals surface area contributed by atoms with Gasteiger partial charge in [0.25, 0.3) is 0 Å². The second kappa shape index (κ2) is 4.39. The van der Waals surface area contributed by atoms with Gasteiger partial charge in [0.1, 0.15) is 0 Å². The molecule has 0 aliphatic rings. The molecule has 0 bridgehead atoms. The average Bonchev–Trinajstić information content (AvgIpc) is 2.51. The van der Waals surface area contributed by atoms with Crippen LogP contribution in [-0.2, 0) is 7.05 Å². The monoisotopic (exact) mass is 183 g/mol. The van der Waals surface area contributed by atoms with E-state index in [-0.39, 0.29) is 18.7 Å². The topological polar surface area (TPSA) is 50.1 Å². The van der Waals surface area contributed by atoms with Crippen LogP contribution in [0.5, 0.6) is 0 Å². The van der Waals surface area contributed by atoms with E-state index < -0.39 is 0 Å². The predicted molar refractivity (Wildman–Crippen MR) is 51.3 cm³/mol. The van der Waals surface area contributed by atoms with Crippen molar-refractivity contribution in [3.05, 3.63) is 18.0 Å². The molecule has 1 aromatic heterocycles. The van der Waals surface area contributed by atoms with Crippen molar-refractivity contribution in [2.45, 2.75) is 25.9 Å². The van der Waals surface area contributed by atoms with Gasteiger partial charge in [-0.25, -0.2) is 0 Å². The lowest BCUT2D eigenvalue weighted by Crippen LogP contribution is -2.31. The third-order valence-electron chi connectivity index (χ3n) is 2.03. The maximum atomic E-state index is 8.85. The molecule has 4 heteroatoms. The van der Waals surface area contributed by atoms with Gasteiger partial charge in [0.2, 0.25) is 0 Å². The van der Waals surface area contributed by atoms with Crippen molar-refractivity contribution in [2.75, 3.05) is 6.61 Å². The average molecular weight is 183 g/mol. The number of hydrogen-bond acceptors (Lipinski definition) is 3. The number of aliphatic hydroxyl groups is 1. The zero-order valence-corrected chi connectivity index (χ0v) is 8.36. The van der Waals surface area contributed by atoms with E-state index >= 15 is 0 Å². The first-order valence-electron chi connectivity index (χ1n) is 4.49. The van der Waals surface area contributed by atoms with Gasteiger partial charge in [-0.05, 0) is 13.8 Å². The number of nitrogens with one attached hydrogen (secondary N) is 1. The van der Waals surface area contributed by atoms with Crippen molar-refractivity contribution in [2.24, 2.45) is 7.05 Å². The van der Waals surface area contributed by atoms with Crippen LogP contribution in [0.15, 0.2) is 12.4 Å². The highest BCUT2D eigenvalue weighted by Gasteiger charge is 2.09. The van der Waals surface area contributed by atoms with Gasteiger partial charge < -0.3 is 10.4 Å². The Balaban J connectivity index is 2.53. The third kappa shape index (κ3) is 2.82. The Labute approximate surface area is 78.6 Å². The third-order valence-corrected chi connectivity index (χ3v) is 2.03. The molecule has 1 aromatic rings. The standard InChI is InChI=1S/C9H17N3O/c1-7(6-13)11-8(2)9-4-10-12(3)5-9/h4-5,7-8,11,13H,6H2,1-3H3/t7-,8?/m0/s1. The van der Waals surface area contributed by atoms with Crippen LogP contribution in [0, 0.1) is 0 Å². The summed E-state index contributed by atoms with van der Waals surface area (Å²) < 4.78 is 1.77. The maximum Gasteiger partial charge on any atom is 0.0582 e. The fourth-order valence-corrected chi connectivity index (χ4v) is 1.24. The Kier molecular flexibility index (Phi) is 3.45. The molecule has 0 aliphatic heterocycles. The van der Waals surface area contributed by atoms with Gasteiger partial charge in [-0.3, -0.25) is 4.68 Å². The van der Waals surface area contributed by atoms with Gasteiger partial charge in [0, 0.05) is 30.9 Å². The molecule has 0 spiro atoms. The summed E-state index contributed by atoms with van der Waals surface area (Å²) in [6.07, 6.45) is 3.81. The summed E-state index contributed by atoms with van der Waals surface area (Å²) in [5.41, 5.74) is 1.14. The predicted octanol–water partition coefficient (Wildman–Crippen LogP) is 0.451. The smallest absolute Gasteiger partial charge is 0.0582 e. The fraction of sp³-hybridized carbons (Fsp3) is 0.667. The zero-order valence-electron chi connectivity index (χ0n) is 8.36.